The molecule has 1 fully saturated rings. The molecule has 1 aromatic rings. The highest BCUT2D eigenvalue weighted by molar-refractivity contribution is 7.90. The first kappa shape index (κ1) is 16.3. The van der Waals surface area contributed by atoms with E-state index in [4.69, 9.17) is 0 Å². The molecule has 120 valence electrons. The summed E-state index contributed by atoms with van der Waals surface area (Å²) in [5, 5.41) is 7.27. The average Bonchev–Trinajstić information content (AvgIpc) is 2.87. The highest BCUT2D eigenvalue weighted by Gasteiger charge is 2.28. The second-order valence-electron chi connectivity index (χ2n) is 5.83. The third-order valence-electron chi connectivity index (χ3n) is 3.69. The Bertz CT molecular complexity index is 553. The fraction of sp³-hybridized carbons (Fsp3) is 0.769. The average molecular weight is 315 g/mol. The van der Waals surface area contributed by atoms with Crippen LogP contribution in [0.15, 0.2) is 12.4 Å². The van der Waals surface area contributed by atoms with Crippen molar-refractivity contribution in [1.29, 1.82) is 0 Å². The van der Waals surface area contributed by atoms with E-state index in [2.05, 4.69) is 15.1 Å². The maximum absolute atomic E-state index is 12.4. The minimum absolute atomic E-state index is 0.207. The van der Waals surface area contributed by atoms with Crippen molar-refractivity contribution in [3.63, 3.8) is 0 Å². The first-order chi connectivity index (χ1) is 9.92. The number of aromatic nitrogens is 2. The highest BCUT2D eigenvalue weighted by Crippen LogP contribution is 2.20. The van der Waals surface area contributed by atoms with E-state index in [-0.39, 0.29) is 6.04 Å². The minimum atomic E-state index is -3.50. The molecule has 0 aromatic carbocycles. The van der Waals surface area contributed by atoms with Crippen molar-refractivity contribution < 1.29 is 8.42 Å². The lowest BCUT2D eigenvalue weighted by molar-refractivity contribution is 0.264. The van der Waals surface area contributed by atoms with Gasteiger partial charge in [0.2, 0.25) is 0 Å². The van der Waals surface area contributed by atoms with Crippen LogP contribution in [-0.2, 0) is 10.2 Å². The summed E-state index contributed by atoms with van der Waals surface area (Å²) in [6.45, 7) is 5.98. The zero-order valence-corrected chi connectivity index (χ0v) is 13.7. The van der Waals surface area contributed by atoms with E-state index in [0.717, 1.165) is 19.4 Å². The predicted octanol–water partition coefficient (Wildman–Crippen LogP) is 1.05. The molecule has 1 atom stereocenters. The second kappa shape index (κ2) is 6.76. The summed E-state index contributed by atoms with van der Waals surface area (Å²) in [7, 11) is -1.60. The van der Waals surface area contributed by atoms with Crippen LogP contribution in [0, 0.1) is 5.92 Å². The van der Waals surface area contributed by atoms with Crippen molar-refractivity contribution in [2.75, 3.05) is 31.4 Å². The van der Waals surface area contributed by atoms with E-state index in [1.54, 1.807) is 17.1 Å². The van der Waals surface area contributed by atoms with Gasteiger partial charge in [0.15, 0.2) is 0 Å². The Morgan fingerprint density at radius 2 is 2.24 bits per heavy atom. The molecule has 8 heteroatoms. The standard InChI is InChI=1S/C13H25N5O2S/c1-11(2)18-10-13(8-15-18)16-21(19,20)17-6-4-5-12(9-17)7-14-3/h8,10-12,14,16H,4-7,9H2,1-3H3. The largest absolute Gasteiger partial charge is 0.319 e. The summed E-state index contributed by atoms with van der Waals surface area (Å²) >= 11 is 0. The maximum Gasteiger partial charge on any atom is 0.301 e. The van der Waals surface area contributed by atoms with E-state index in [1.807, 2.05) is 20.9 Å². The molecule has 1 saturated heterocycles. The fourth-order valence-corrected chi connectivity index (χ4v) is 3.90. The summed E-state index contributed by atoms with van der Waals surface area (Å²) in [5.74, 6) is 0.374. The summed E-state index contributed by atoms with van der Waals surface area (Å²) in [6.07, 6.45) is 5.24. The van der Waals surface area contributed by atoms with E-state index in [9.17, 15) is 8.42 Å². The van der Waals surface area contributed by atoms with Crippen LogP contribution in [0.3, 0.4) is 0 Å². The van der Waals surface area contributed by atoms with Gasteiger partial charge in [-0.15, -0.1) is 0 Å². The Labute approximate surface area is 126 Å². The fourth-order valence-electron chi connectivity index (χ4n) is 2.59. The molecule has 1 unspecified atom stereocenters. The molecule has 0 aliphatic carbocycles. The van der Waals surface area contributed by atoms with Crippen LogP contribution in [0.5, 0.6) is 0 Å². The zero-order valence-electron chi connectivity index (χ0n) is 12.9. The van der Waals surface area contributed by atoms with E-state index >= 15 is 0 Å². The van der Waals surface area contributed by atoms with Gasteiger partial charge in [-0.3, -0.25) is 9.40 Å². The number of hydrogen-bond donors (Lipinski definition) is 2. The van der Waals surface area contributed by atoms with Gasteiger partial charge < -0.3 is 5.32 Å². The molecule has 0 bridgehead atoms. The molecule has 0 radical (unpaired) electrons. The van der Waals surface area contributed by atoms with Crippen LogP contribution in [0.4, 0.5) is 5.69 Å². The normalized spacial score (nSPS) is 20.9. The molecule has 1 aliphatic heterocycles. The van der Waals surface area contributed by atoms with E-state index < -0.39 is 10.2 Å². The number of piperidine rings is 1. The molecular formula is C13H25N5O2S. The molecule has 2 rings (SSSR count). The lowest BCUT2D eigenvalue weighted by atomic mass is 10.00. The molecule has 21 heavy (non-hydrogen) atoms. The first-order valence-electron chi connectivity index (χ1n) is 7.39. The summed E-state index contributed by atoms with van der Waals surface area (Å²) in [5.41, 5.74) is 0.513. The van der Waals surface area contributed by atoms with Crippen LogP contribution in [0.25, 0.3) is 0 Å². The van der Waals surface area contributed by atoms with Gasteiger partial charge in [-0.1, -0.05) is 0 Å². The summed E-state index contributed by atoms with van der Waals surface area (Å²) in [6, 6.07) is 0.207. The van der Waals surface area contributed by atoms with Crippen LogP contribution in [0.1, 0.15) is 32.7 Å². The Morgan fingerprint density at radius 3 is 2.86 bits per heavy atom. The smallest absolute Gasteiger partial charge is 0.301 e. The third kappa shape index (κ3) is 4.18. The van der Waals surface area contributed by atoms with Crippen LogP contribution >= 0.6 is 0 Å². The number of anilines is 1. The quantitative estimate of drug-likeness (QED) is 0.822. The number of nitrogens with one attached hydrogen (secondary N) is 2. The molecule has 1 aromatic heterocycles. The Kier molecular flexibility index (Phi) is 5.23. The van der Waals surface area contributed by atoms with Crippen molar-refractivity contribution in [1.82, 2.24) is 19.4 Å². The molecule has 0 amide bonds. The van der Waals surface area contributed by atoms with E-state index in [0.29, 0.717) is 24.7 Å². The lowest BCUT2D eigenvalue weighted by Crippen LogP contribution is -2.44. The highest BCUT2D eigenvalue weighted by atomic mass is 32.2. The van der Waals surface area contributed by atoms with Crippen LogP contribution in [-0.4, -0.2) is 49.2 Å². The van der Waals surface area contributed by atoms with Gasteiger partial charge in [-0.2, -0.15) is 17.8 Å². The SMILES string of the molecule is CNCC1CCCN(S(=O)(=O)Nc2cnn(C(C)C)c2)C1. The molecule has 0 spiro atoms. The van der Waals surface area contributed by atoms with Gasteiger partial charge in [-0.25, -0.2) is 0 Å². The predicted molar refractivity (Wildman–Crippen MR) is 83.4 cm³/mol. The van der Waals surface area contributed by atoms with Gasteiger partial charge in [0.25, 0.3) is 0 Å². The summed E-state index contributed by atoms with van der Waals surface area (Å²) in [4.78, 5) is 0. The third-order valence-corrected chi connectivity index (χ3v) is 5.20. The number of rotatable bonds is 6. The van der Waals surface area contributed by atoms with E-state index in [1.165, 1.54) is 4.31 Å². The first-order valence-corrected chi connectivity index (χ1v) is 8.83. The van der Waals surface area contributed by atoms with Crippen molar-refractivity contribution in [2.45, 2.75) is 32.7 Å². The maximum atomic E-state index is 12.4. The number of hydrogen-bond acceptors (Lipinski definition) is 4. The summed E-state index contributed by atoms with van der Waals surface area (Å²) < 4.78 is 30.8. The van der Waals surface area contributed by atoms with Gasteiger partial charge >= 0.3 is 10.2 Å². The Balaban J connectivity index is 2.03. The van der Waals surface area contributed by atoms with Crippen molar-refractivity contribution in [3.05, 3.63) is 12.4 Å². The molecule has 7 nitrogen and oxygen atoms in total. The lowest BCUT2D eigenvalue weighted by Gasteiger charge is -2.31. The molecular weight excluding hydrogens is 290 g/mol. The van der Waals surface area contributed by atoms with Crippen molar-refractivity contribution in [3.8, 4) is 0 Å². The minimum Gasteiger partial charge on any atom is -0.319 e. The number of nitrogens with zero attached hydrogens (tertiary/aromatic N) is 3. The molecule has 2 heterocycles. The van der Waals surface area contributed by atoms with Gasteiger partial charge in [0.1, 0.15) is 0 Å². The van der Waals surface area contributed by atoms with Crippen molar-refractivity contribution in [2.24, 2.45) is 5.92 Å². The molecule has 2 N–H and O–H groups in total. The molecule has 0 saturated carbocycles. The molecule has 1 aliphatic rings. The van der Waals surface area contributed by atoms with Gasteiger partial charge in [-0.05, 0) is 46.2 Å². The van der Waals surface area contributed by atoms with Crippen molar-refractivity contribution >= 4 is 15.9 Å². The topological polar surface area (TPSA) is 79.3 Å². The Morgan fingerprint density at radius 1 is 1.48 bits per heavy atom. The van der Waals surface area contributed by atoms with Crippen LogP contribution < -0.4 is 10.0 Å². The van der Waals surface area contributed by atoms with Gasteiger partial charge in [0.05, 0.1) is 11.9 Å². The zero-order chi connectivity index (χ0) is 15.5. The van der Waals surface area contributed by atoms with Gasteiger partial charge in [0, 0.05) is 25.3 Å². The van der Waals surface area contributed by atoms with Crippen LogP contribution in [0.2, 0.25) is 0 Å². The monoisotopic (exact) mass is 315 g/mol. The second-order valence-corrected chi connectivity index (χ2v) is 7.50. The Hall–Kier alpha value is -1.12.